The second-order valence-electron chi connectivity index (χ2n) is 6.30. The molecule has 1 unspecified atom stereocenters. The van der Waals surface area contributed by atoms with Gasteiger partial charge >= 0.3 is 0 Å². The first kappa shape index (κ1) is 20.5. The fourth-order valence-electron chi connectivity index (χ4n) is 2.78. The largest absolute Gasteiger partial charge is 0.383 e. The van der Waals surface area contributed by atoms with Gasteiger partial charge in [0.25, 0.3) is 5.91 Å². The van der Waals surface area contributed by atoms with Crippen LogP contribution >= 0.6 is 23.4 Å². The zero-order chi connectivity index (χ0) is 19.9. The lowest BCUT2D eigenvalue weighted by Crippen LogP contribution is -2.40. The fourth-order valence-corrected chi connectivity index (χ4v) is 4.12. The minimum Gasteiger partial charge on any atom is -0.383 e. The Morgan fingerprint density at radius 2 is 2.07 bits per heavy atom. The molecule has 28 heavy (non-hydrogen) atoms. The summed E-state index contributed by atoms with van der Waals surface area (Å²) in [6, 6.07) is 12.6. The number of nitrogens with one attached hydrogen (secondary N) is 3. The first-order valence-corrected chi connectivity index (χ1v) is 10.4. The maximum Gasteiger partial charge on any atom is 0.251 e. The molecule has 6 nitrogen and oxygen atoms in total. The predicted octanol–water partition coefficient (Wildman–Crippen LogP) is 3.38. The minimum absolute atomic E-state index is 0.115. The van der Waals surface area contributed by atoms with Crippen molar-refractivity contribution < 1.29 is 14.3 Å². The number of carbonyl (C=O) groups is 2. The summed E-state index contributed by atoms with van der Waals surface area (Å²) in [5.41, 5.74) is 2.95. The van der Waals surface area contributed by atoms with E-state index in [1.54, 1.807) is 31.0 Å². The van der Waals surface area contributed by atoms with E-state index in [0.717, 1.165) is 22.0 Å². The summed E-state index contributed by atoms with van der Waals surface area (Å²) < 4.78 is 4.92. The maximum atomic E-state index is 12.4. The van der Waals surface area contributed by atoms with Crippen LogP contribution in [0.2, 0.25) is 5.02 Å². The third kappa shape index (κ3) is 5.19. The molecule has 0 radical (unpaired) electrons. The van der Waals surface area contributed by atoms with Crippen molar-refractivity contribution in [2.75, 3.05) is 36.6 Å². The third-order valence-corrected chi connectivity index (χ3v) is 5.73. The van der Waals surface area contributed by atoms with E-state index in [9.17, 15) is 9.59 Å². The van der Waals surface area contributed by atoms with Crippen LogP contribution in [0.4, 0.5) is 11.4 Å². The Kier molecular flexibility index (Phi) is 7.19. The Bertz CT molecular complexity index is 862. The first-order valence-electron chi connectivity index (χ1n) is 8.88. The van der Waals surface area contributed by atoms with Crippen LogP contribution in [-0.2, 0) is 15.3 Å². The predicted molar refractivity (Wildman–Crippen MR) is 114 cm³/mol. The highest BCUT2D eigenvalue weighted by atomic mass is 35.5. The summed E-state index contributed by atoms with van der Waals surface area (Å²) in [4.78, 5) is 24.6. The minimum atomic E-state index is -0.346. The van der Waals surface area contributed by atoms with E-state index in [1.165, 1.54) is 0 Å². The van der Waals surface area contributed by atoms with E-state index in [0.29, 0.717) is 30.2 Å². The van der Waals surface area contributed by atoms with Crippen molar-refractivity contribution in [3.8, 4) is 0 Å². The number of rotatable bonds is 8. The second-order valence-corrected chi connectivity index (χ2v) is 7.74. The van der Waals surface area contributed by atoms with Crippen molar-refractivity contribution in [1.82, 2.24) is 5.32 Å². The van der Waals surface area contributed by atoms with Gasteiger partial charge in [0.1, 0.15) is 6.04 Å². The number of amides is 2. The maximum absolute atomic E-state index is 12.4. The monoisotopic (exact) mass is 419 g/mol. The number of benzene rings is 2. The molecule has 0 aliphatic carbocycles. The standard InChI is InChI=1S/C20H22ClN3O3S/c1-27-9-8-22-19(25)13-6-7-16-17(10-13)24-20(26)18(23-16)12-28-11-14-4-2-3-5-15(14)21/h2-7,10,18,23H,8-9,11-12H2,1H3,(H,22,25)(H,24,26). The molecular weight excluding hydrogens is 398 g/mol. The lowest BCUT2D eigenvalue weighted by Gasteiger charge is -2.27. The van der Waals surface area contributed by atoms with Crippen LogP contribution in [0.25, 0.3) is 0 Å². The third-order valence-electron chi connectivity index (χ3n) is 4.28. The summed E-state index contributed by atoms with van der Waals surface area (Å²) in [5, 5.41) is 9.63. The van der Waals surface area contributed by atoms with Crippen molar-refractivity contribution in [1.29, 1.82) is 0 Å². The molecule has 1 atom stereocenters. The molecule has 8 heteroatoms. The summed E-state index contributed by atoms with van der Waals surface area (Å²) >= 11 is 7.81. The Hall–Kier alpha value is -2.22. The van der Waals surface area contributed by atoms with E-state index < -0.39 is 0 Å². The number of anilines is 2. The SMILES string of the molecule is COCCNC(=O)c1ccc2c(c1)NC(=O)C(CSCc1ccccc1Cl)N2. The lowest BCUT2D eigenvalue weighted by atomic mass is 10.1. The van der Waals surface area contributed by atoms with Crippen LogP contribution in [-0.4, -0.2) is 43.9 Å². The van der Waals surface area contributed by atoms with Gasteiger partial charge in [-0.1, -0.05) is 29.8 Å². The van der Waals surface area contributed by atoms with E-state index in [-0.39, 0.29) is 17.9 Å². The zero-order valence-electron chi connectivity index (χ0n) is 15.5. The molecule has 3 N–H and O–H groups in total. The van der Waals surface area contributed by atoms with Crippen LogP contribution < -0.4 is 16.0 Å². The van der Waals surface area contributed by atoms with E-state index in [1.807, 2.05) is 30.3 Å². The van der Waals surface area contributed by atoms with Crippen LogP contribution in [0.3, 0.4) is 0 Å². The molecule has 1 aliphatic rings. The Morgan fingerprint density at radius 3 is 2.86 bits per heavy atom. The Morgan fingerprint density at radius 1 is 1.25 bits per heavy atom. The number of fused-ring (bicyclic) bond motifs is 1. The van der Waals surface area contributed by atoms with Gasteiger partial charge in [0.05, 0.1) is 18.0 Å². The number of thioether (sulfide) groups is 1. The van der Waals surface area contributed by atoms with Crippen molar-refractivity contribution in [3.63, 3.8) is 0 Å². The molecule has 148 valence electrons. The average Bonchev–Trinajstić information content (AvgIpc) is 2.69. The molecule has 0 saturated carbocycles. The van der Waals surface area contributed by atoms with Crippen molar-refractivity contribution >= 4 is 46.6 Å². The molecule has 2 amide bonds. The molecule has 2 aromatic rings. The first-order chi connectivity index (χ1) is 13.6. The molecule has 0 spiro atoms. The zero-order valence-corrected chi connectivity index (χ0v) is 17.0. The van der Waals surface area contributed by atoms with Crippen LogP contribution in [0, 0.1) is 0 Å². The molecule has 0 aromatic heterocycles. The van der Waals surface area contributed by atoms with Gasteiger partial charge in [0.15, 0.2) is 0 Å². The second kappa shape index (κ2) is 9.82. The average molecular weight is 420 g/mol. The van der Waals surface area contributed by atoms with E-state index in [4.69, 9.17) is 16.3 Å². The molecule has 1 heterocycles. The van der Waals surface area contributed by atoms with Gasteiger partial charge in [0, 0.05) is 35.7 Å². The van der Waals surface area contributed by atoms with Crippen LogP contribution in [0.5, 0.6) is 0 Å². The van der Waals surface area contributed by atoms with Gasteiger partial charge in [-0.3, -0.25) is 9.59 Å². The van der Waals surface area contributed by atoms with Gasteiger partial charge < -0.3 is 20.7 Å². The fraction of sp³-hybridized carbons (Fsp3) is 0.300. The van der Waals surface area contributed by atoms with Crippen molar-refractivity contribution in [2.45, 2.75) is 11.8 Å². The molecule has 0 fully saturated rings. The normalized spacial score (nSPS) is 15.4. The Balaban J connectivity index is 1.58. The quantitative estimate of drug-likeness (QED) is 0.571. The molecule has 3 rings (SSSR count). The summed E-state index contributed by atoms with van der Waals surface area (Å²) in [5.74, 6) is 1.02. The number of halogens is 1. The summed E-state index contributed by atoms with van der Waals surface area (Å²) in [7, 11) is 1.58. The molecule has 0 bridgehead atoms. The summed E-state index contributed by atoms with van der Waals surface area (Å²) in [6.45, 7) is 0.879. The van der Waals surface area contributed by atoms with E-state index in [2.05, 4.69) is 16.0 Å². The van der Waals surface area contributed by atoms with Gasteiger partial charge in [-0.25, -0.2) is 0 Å². The van der Waals surface area contributed by atoms with Crippen molar-refractivity contribution in [2.24, 2.45) is 0 Å². The number of carbonyl (C=O) groups excluding carboxylic acids is 2. The van der Waals surface area contributed by atoms with Crippen molar-refractivity contribution in [3.05, 3.63) is 58.6 Å². The van der Waals surface area contributed by atoms with Crippen LogP contribution in [0.15, 0.2) is 42.5 Å². The topological polar surface area (TPSA) is 79.5 Å². The van der Waals surface area contributed by atoms with Gasteiger partial charge in [-0.2, -0.15) is 11.8 Å². The molecular formula is C20H22ClN3O3S. The highest BCUT2D eigenvalue weighted by Crippen LogP contribution is 2.29. The molecule has 0 saturated heterocycles. The molecule has 1 aliphatic heterocycles. The Labute approximate surface area is 173 Å². The highest BCUT2D eigenvalue weighted by molar-refractivity contribution is 7.98. The smallest absolute Gasteiger partial charge is 0.251 e. The van der Waals surface area contributed by atoms with E-state index >= 15 is 0 Å². The highest BCUT2D eigenvalue weighted by Gasteiger charge is 2.26. The van der Waals surface area contributed by atoms with Gasteiger partial charge in [-0.05, 0) is 29.8 Å². The number of hydrogen-bond donors (Lipinski definition) is 3. The molecule has 2 aromatic carbocycles. The van der Waals surface area contributed by atoms with Gasteiger partial charge in [-0.15, -0.1) is 0 Å². The number of hydrogen-bond acceptors (Lipinski definition) is 5. The number of methoxy groups -OCH3 is 1. The summed E-state index contributed by atoms with van der Waals surface area (Å²) in [6.07, 6.45) is 0. The lowest BCUT2D eigenvalue weighted by molar-refractivity contribution is -0.116. The van der Waals surface area contributed by atoms with Gasteiger partial charge in [0.2, 0.25) is 5.91 Å². The number of ether oxygens (including phenoxy) is 1. The van der Waals surface area contributed by atoms with Crippen LogP contribution in [0.1, 0.15) is 15.9 Å².